The summed E-state index contributed by atoms with van der Waals surface area (Å²) in [6.07, 6.45) is 1.71. The zero-order valence-electron chi connectivity index (χ0n) is 17.3. The Labute approximate surface area is 175 Å². The smallest absolute Gasteiger partial charge is 0.344 e. The highest BCUT2D eigenvalue weighted by atomic mass is 16.5. The van der Waals surface area contributed by atoms with Gasteiger partial charge < -0.3 is 15.0 Å². The predicted molar refractivity (Wildman–Crippen MR) is 119 cm³/mol. The van der Waals surface area contributed by atoms with Crippen LogP contribution in [0.1, 0.15) is 36.2 Å². The molecule has 1 unspecified atom stereocenters. The van der Waals surface area contributed by atoms with Crippen molar-refractivity contribution in [2.75, 3.05) is 12.3 Å². The second kappa shape index (κ2) is 8.53. The van der Waals surface area contributed by atoms with Crippen molar-refractivity contribution in [2.45, 2.75) is 33.2 Å². The maximum atomic E-state index is 12.9. The van der Waals surface area contributed by atoms with Crippen LogP contribution >= 0.6 is 0 Å². The molecule has 0 aliphatic rings. The van der Waals surface area contributed by atoms with Crippen molar-refractivity contribution in [3.05, 3.63) is 65.7 Å². The highest BCUT2D eigenvalue weighted by molar-refractivity contribution is 6.08. The van der Waals surface area contributed by atoms with E-state index in [1.54, 1.807) is 0 Å². The molecule has 0 aliphatic heterocycles. The fourth-order valence-corrected chi connectivity index (χ4v) is 3.44. The third-order valence-corrected chi connectivity index (χ3v) is 5.46. The summed E-state index contributed by atoms with van der Waals surface area (Å²) in [4.78, 5) is 22.4. The van der Waals surface area contributed by atoms with Crippen molar-refractivity contribution in [2.24, 2.45) is 5.92 Å². The van der Waals surface area contributed by atoms with E-state index < -0.39 is 5.97 Å². The number of fused-ring (bicyclic) bond motifs is 2. The van der Waals surface area contributed by atoms with Gasteiger partial charge in [0.2, 0.25) is 0 Å². The number of aryl methyl sites for hydroxylation is 2. The van der Waals surface area contributed by atoms with E-state index in [0.29, 0.717) is 35.7 Å². The standard InChI is InChI=1S/C24H26N4O2/c1-3-16(2)15-30-24(29)20-21-23(27-19-12-8-7-11-18(19)26-21)28(22(20)25)14-13-17-9-5-4-6-10-17/h4-12,16H,3,13-15,25H2,1-2H3. The van der Waals surface area contributed by atoms with Crippen molar-refractivity contribution in [3.8, 4) is 0 Å². The van der Waals surface area contributed by atoms with E-state index in [1.165, 1.54) is 5.56 Å². The third kappa shape index (κ3) is 3.85. The number of esters is 1. The minimum absolute atomic E-state index is 0.286. The van der Waals surface area contributed by atoms with Crippen LogP contribution in [-0.2, 0) is 17.7 Å². The Morgan fingerprint density at radius 1 is 1.07 bits per heavy atom. The lowest BCUT2D eigenvalue weighted by molar-refractivity contribution is 0.0450. The molecular weight excluding hydrogens is 376 g/mol. The fraction of sp³-hybridized carbons (Fsp3) is 0.292. The minimum atomic E-state index is -0.444. The summed E-state index contributed by atoms with van der Waals surface area (Å²) in [5, 5.41) is 0. The molecule has 6 nitrogen and oxygen atoms in total. The van der Waals surface area contributed by atoms with Gasteiger partial charge in [0, 0.05) is 6.54 Å². The number of rotatable bonds is 7. The molecule has 4 rings (SSSR count). The molecule has 2 aromatic carbocycles. The lowest BCUT2D eigenvalue weighted by atomic mass is 10.1. The zero-order valence-corrected chi connectivity index (χ0v) is 17.3. The number of nitrogens with zero attached hydrogens (tertiary/aromatic N) is 3. The average molecular weight is 402 g/mol. The van der Waals surface area contributed by atoms with E-state index in [4.69, 9.17) is 20.4 Å². The number of ether oxygens (including phenoxy) is 1. The SMILES string of the molecule is CCC(C)COC(=O)c1c(N)n(CCc2ccccc2)c2nc3ccccc3nc12. The Bertz CT molecular complexity index is 1180. The first-order valence-electron chi connectivity index (χ1n) is 10.3. The number of benzene rings is 2. The molecule has 6 heteroatoms. The van der Waals surface area contributed by atoms with Gasteiger partial charge in [-0.3, -0.25) is 0 Å². The summed E-state index contributed by atoms with van der Waals surface area (Å²) < 4.78 is 7.43. The fourth-order valence-electron chi connectivity index (χ4n) is 3.44. The molecule has 0 fully saturated rings. The molecule has 0 spiro atoms. The third-order valence-electron chi connectivity index (χ3n) is 5.46. The summed E-state index contributed by atoms with van der Waals surface area (Å²) in [5.41, 5.74) is 10.6. The molecule has 0 aliphatic carbocycles. The molecule has 30 heavy (non-hydrogen) atoms. The van der Waals surface area contributed by atoms with Gasteiger partial charge in [-0.2, -0.15) is 0 Å². The van der Waals surface area contributed by atoms with Crippen LogP contribution in [0.2, 0.25) is 0 Å². The van der Waals surface area contributed by atoms with Gasteiger partial charge in [0.15, 0.2) is 5.65 Å². The molecule has 154 valence electrons. The van der Waals surface area contributed by atoms with E-state index in [0.717, 1.165) is 23.9 Å². The van der Waals surface area contributed by atoms with Crippen LogP contribution in [0.5, 0.6) is 0 Å². The average Bonchev–Trinajstić information content (AvgIpc) is 3.05. The summed E-state index contributed by atoms with van der Waals surface area (Å²) in [5.74, 6) is 0.194. The number of nitrogen functional groups attached to an aromatic ring is 1. The monoisotopic (exact) mass is 402 g/mol. The van der Waals surface area contributed by atoms with Crippen molar-refractivity contribution in [1.82, 2.24) is 14.5 Å². The zero-order chi connectivity index (χ0) is 21.1. The lowest BCUT2D eigenvalue weighted by Crippen LogP contribution is -2.14. The Balaban J connectivity index is 1.78. The molecule has 0 amide bonds. The number of para-hydroxylation sites is 2. The van der Waals surface area contributed by atoms with E-state index in [-0.39, 0.29) is 5.92 Å². The first kappa shape index (κ1) is 19.9. The Hall–Kier alpha value is -3.41. The molecule has 0 bridgehead atoms. The topological polar surface area (TPSA) is 83.0 Å². The van der Waals surface area contributed by atoms with Crippen molar-refractivity contribution in [1.29, 1.82) is 0 Å². The number of hydrogen-bond acceptors (Lipinski definition) is 5. The number of aromatic nitrogens is 3. The highest BCUT2D eigenvalue weighted by Gasteiger charge is 2.25. The van der Waals surface area contributed by atoms with E-state index >= 15 is 0 Å². The molecule has 0 saturated carbocycles. The van der Waals surface area contributed by atoms with Gasteiger partial charge in [-0.1, -0.05) is 62.7 Å². The molecule has 4 aromatic rings. The Morgan fingerprint density at radius 2 is 1.73 bits per heavy atom. The molecule has 2 N–H and O–H groups in total. The second-order valence-electron chi connectivity index (χ2n) is 7.64. The minimum Gasteiger partial charge on any atom is -0.462 e. The second-order valence-corrected chi connectivity index (χ2v) is 7.64. The number of hydrogen-bond donors (Lipinski definition) is 1. The molecule has 1 atom stereocenters. The van der Waals surface area contributed by atoms with Gasteiger partial charge >= 0.3 is 5.97 Å². The van der Waals surface area contributed by atoms with Crippen LogP contribution in [0, 0.1) is 5.92 Å². The van der Waals surface area contributed by atoms with E-state index in [1.807, 2.05) is 54.0 Å². The summed E-state index contributed by atoms with van der Waals surface area (Å²) in [7, 11) is 0. The molecular formula is C24H26N4O2. The normalized spacial score (nSPS) is 12.3. The van der Waals surface area contributed by atoms with Crippen molar-refractivity contribution in [3.63, 3.8) is 0 Å². The van der Waals surface area contributed by atoms with Gasteiger partial charge in [-0.05, 0) is 30.0 Å². The Kier molecular flexibility index (Phi) is 5.65. The van der Waals surface area contributed by atoms with Crippen molar-refractivity contribution < 1.29 is 9.53 Å². The first-order chi connectivity index (χ1) is 14.6. The molecule has 0 saturated heterocycles. The van der Waals surface area contributed by atoms with Crippen molar-refractivity contribution >= 4 is 34.0 Å². The number of carbonyl (C=O) groups excluding carboxylic acids is 1. The maximum Gasteiger partial charge on any atom is 0.344 e. The van der Waals surface area contributed by atoms with Crippen LogP contribution in [0.15, 0.2) is 54.6 Å². The number of anilines is 1. The number of nitrogens with two attached hydrogens (primary N) is 1. The van der Waals surface area contributed by atoms with Gasteiger partial charge in [0.1, 0.15) is 16.9 Å². The van der Waals surface area contributed by atoms with Gasteiger partial charge in [0.05, 0.1) is 17.6 Å². The van der Waals surface area contributed by atoms with Gasteiger partial charge in [0.25, 0.3) is 0 Å². The van der Waals surface area contributed by atoms with E-state index in [2.05, 4.69) is 19.1 Å². The summed E-state index contributed by atoms with van der Waals surface area (Å²) >= 11 is 0. The quantitative estimate of drug-likeness (QED) is 0.456. The van der Waals surface area contributed by atoms with Crippen LogP contribution in [-0.4, -0.2) is 27.1 Å². The largest absolute Gasteiger partial charge is 0.462 e. The Morgan fingerprint density at radius 3 is 2.43 bits per heavy atom. The summed E-state index contributed by atoms with van der Waals surface area (Å²) in [6.45, 7) is 5.07. The molecule has 2 aromatic heterocycles. The highest BCUT2D eigenvalue weighted by Crippen LogP contribution is 2.29. The first-order valence-corrected chi connectivity index (χ1v) is 10.3. The maximum absolute atomic E-state index is 12.9. The van der Waals surface area contributed by atoms with E-state index in [9.17, 15) is 4.79 Å². The molecule has 2 heterocycles. The van der Waals surface area contributed by atoms with Crippen LogP contribution in [0.3, 0.4) is 0 Å². The van der Waals surface area contributed by atoms with Gasteiger partial charge in [-0.15, -0.1) is 0 Å². The van der Waals surface area contributed by atoms with Crippen LogP contribution < -0.4 is 5.73 Å². The van der Waals surface area contributed by atoms with Crippen LogP contribution in [0.4, 0.5) is 5.82 Å². The summed E-state index contributed by atoms with van der Waals surface area (Å²) in [6, 6.07) is 17.8. The lowest BCUT2D eigenvalue weighted by Gasteiger charge is -2.10. The van der Waals surface area contributed by atoms with Crippen LogP contribution in [0.25, 0.3) is 22.2 Å². The number of carbonyl (C=O) groups is 1. The predicted octanol–water partition coefficient (Wildman–Crippen LogP) is 4.61. The van der Waals surface area contributed by atoms with Gasteiger partial charge in [-0.25, -0.2) is 14.8 Å². The molecule has 0 radical (unpaired) electrons.